The number of hydrogen-bond donors (Lipinski definition) is 0. The predicted molar refractivity (Wildman–Crippen MR) is 95.3 cm³/mol. The summed E-state index contributed by atoms with van der Waals surface area (Å²) in [6.07, 6.45) is 1.68. The van der Waals surface area contributed by atoms with Gasteiger partial charge in [-0.2, -0.15) is 4.98 Å². The Balaban J connectivity index is 1.29. The van der Waals surface area contributed by atoms with Gasteiger partial charge in [-0.1, -0.05) is 17.3 Å². The highest BCUT2D eigenvalue weighted by Gasteiger charge is 2.35. The maximum absolute atomic E-state index is 12.2. The SMILES string of the molecule is COc1cccc(OCC(=O)N2CC(c3nc(-c4ccccn4)no3)C2)c1. The van der Waals surface area contributed by atoms with E-state index >= 15 is 0 Å². The molecule has 8 nitrogen and oxygen atoms in total. The number of pyridine rings is 1. The quantitative estimate of drug-likeness (QED) is 0.660. The van der Waals surface area contributed by atoms with Gasteiger partial charge in [0.15, 0.2) is 6.61 Å². The summed E-state index contributed by atoms with van der Waals surface area (Å²) < 4.78 is 16.0. The molecule has 0 unspecified atom stereocenters. The molecule has 1 saturated heterocycles. The minimum atomic E-state index is -0.0847. The highest BCUT2D eigenvalue weighted by molar-refractivity contribution is 5.78. The lowest BCUT2D eigenvalue weighted by Crippen LogP contribution is -2.50. The van der Waals surface area contributed by atoms with E-state index in [0.717, 1.165) is 0 Å². The second-order valence-electron chi connectivity index (χ2n) is 6.13. The monoisotopic (exact) mass is 366 g/mol. The van der Waals surface area contributed by atoms with Crippen LogP contribution in [0.25, 0.3) is 11.5 Å². The summed E-state index contributed by atoms with van der Waals surface area (Å²) in [7, 11) is 1.58. The zero-order chi connectivity index (χ0) is 18.6. The fourth-order valence-corrected chi connectivity index (χ4v) is 2.77. The summed E-state index contributed by atoms with van der Waals surface area (Å²) >= 11 is 0. The van der Waals surface area contributed by atoms with Crippen LogP contribution in [-0.4, -0.2) is 52.7 Å². The first-order chi connectivity index (χ1) is 13.2. The standard InChI is InChI=1S/C19H18N4O4/c1-25-14-5-4-6-15(9-14)26-12-17(24)23-10-13(11-23)19-21-18(22-27-19)16-7-2-3-8-20-16/h2-9,13H,10-12H2,1H3. The molecule has 0 bridgehead atoms. The molecule has 138 valence electrons. The summed E-state index contributed by atoms with van der Waals surface area (Å²) in [6, 6.07) is 12.7. The third-order valence-corrected chi connectivity index (χ3v) is 4.32. The Hall–Kier alpha value is -3.42. The van der Waals surface area contributed by atoms with Gasteiger partial charge in [0.25, 0.3) is 5.91 Å². The van der Waals surface area contributed by atoms with Crippen LogP contribution in [0.2, 0.25) is 0 Å². The van der Waals surface area contributed by atoms with Crippen molar-refractivity contribution in [3.8, 4) is 23.0 Å². The molecule has 2 aromatic heterocycles. The molecule has 0 atom stereocenters. The number of nitrogens with zero attached hydrogens (tertiary/aromatic N) is 4. The fraction of sp³-hybridized carbons (Fsp3) is 0.263. The summed E-state index contributed by atoms with van der Waals surface area (Å²) in [5.41, 5.74) is 0.659. The van der Waals surface area contributed by atoms with E-state index in [-0.39, 0.29) is 18.4 Å². The van der Waals surface area contributed by atoms with Gasteiger partial charge in [-0.15, -0.1) is 0 Å². The molecule has 3 aromatic rings. The van der Waals surface area contributed by atoms with Crippen LogP contribution in [0, 0.1) is 0 Å². The summed E-state index contributed by atoms with van der Waals surface area (Å²) in [6.45, 7) is 1.04. The molecular weight excluding hydrogens is 348 g/mol. The van der Waals surface area contributed by atoms with Crippen molar-refractivity contribution in [3.63, 3.8) is 0 Å². The van der Waals surface area contributed by atoms with Crippen molar-refractivity contribution in [1.82, 2.24) is 20.0 Å². The summed E-state index contributed by atoms with van der Waals surface area (Å²) in [4.78, 5) is 22.5. The second-order valence-corrected chi connectivity index (χ2v) is 6.13. The minimum absolute atomic E-state index is 0.0249. The molecule has 1 aliphatic heterocycles. The zero-order valence-electron chi connectivity index (χ0n) is 14.7. The Kier molecular flexibility index (Phi) is 4.69. The van der Waals surface area contributed by atoms with Crippen LogP contribution in [0.1, 0.15) is 11.8 Å². The Labute approximate surface area is 155 Å². The lowest BCUT2D eigenvalue weighted by atomic mass is 10.0. The molecule has 0 saturated carbocycles. The second kappa shape index (κ2) is 7.45. The average Bonchev–Trinajstić information content (AvgIpc) is 3.16. The highest BCUT2D eigenvalue weighted by Crippen LogP contribution is 2.27. The third kappa shape index (κ3) is 3.74. The number of carbonyl (C=O) groups is 1. The zero-order valence-corrected chi connectivity index (χ0v) is 14.7. The first kappa shape index (κ1) is 17.0. The first-order valence-corrected chi connectivity index (χ1v) is 8.52. The van der Waals surface area contributed by atoms with Crippen LogP contribution in [0.5, 0.6) is 11.5 Å². The van der Waals surface area contributed by atoms with Crippen LogP contribution < -0.4 is 9.47 Å². The number of methoxy groups -OCH3 is 1. The average molecular weight is 366 g/mol. The van der Waals surface area contributed by atoms with Crippen molar-refractivity contribution in [1.29, 1.82) is 0 Å². The lowest BCUT2D eigenvalue weighted by molar-refractivity contribution is -0.138. The molecule has 1 amide bonds. The van der Waals surface area contributed by atoms with Gasteiger partial charge in [0.05, 0.1) is 13.0 Å². The van der Waals surface area contributed by atoms with Crippen LogP contribution in [-0.2, 0) is 4.79 Å². The van der Waals surface area contributed by atoms with E-state index in [9.17, 15) is 4.79 Å². The number of ether oxygens (including phenoxy) is 2. The molecule has 1 fully saturated rings. The van der Waals surface area contributed by atoms with E-state index in [1.807, 2.05) is 30.3 Å². The maximum Gasteiger partial charge on any atom is 0.260 e. The van der Waals surface area contributed by atoms with Crippen LogP contribution >= 0.6 is 0 Å². The molecule has 4 rings (SSSR count). The fourth-order valence-electron chi connectivity index (χ4n) is 2.77. The van der Waals surface area contributed by atoms with E-state index in [1.165, 1.54) is 0 Å². The number of benzene rings is 1. The van der Waals surface area contributed by atoms with Crippen molar-refractivity contribution in [2.75, 3.05) is 26.8 Å². The van der Waals surface area contributed by atoms with Crippen molar-refractivity contribution in [3.05, 3.63) is 54.6 Å². The Morgan fingerprint density at radius 2 is 2.07 bits per heavy atom. The van der Waals surface area contributed by atoms with Gasteiger partial charge >= 0.3 is 0 Å². The molecule has 0 aliphatic carbocycles. The van der Waals surface area contributed by atoms with Crippen molar-refractivity contribution >= 4 is 5.91 Å². The van der Waals surface area contributed by atoms with Gasteiger partial charge in [0, 0.05) is 25.4 Å². The molecule has 1 aliphatic rings. The van der Waals surface area contributed by atoms with Crippen LogP contribution in [0.15, 0.2) is 53.2 Å². The topological polar surface area (TPSA) is 90.6 Å². The van der Waals surface area contributed by atoms with Gasteiger partial charge in [-0.25, -0.2) is 0 Å². The minimum Gasteiger partial charge on any atom is -0.497 e. The number of hydrogen-bond acceptors (Lipinski definition) is 7. The molecule has 0 N–H and O–H groups in total. The smallest absolute Gasteiger partial charge is 0.260 e. The first-order valence-electron chi connectivity index (χ1n) is 8.52. The summed E-state index contributed by atoms with van der Waals surface area (Å²) in [5.74, 6) is 2.21. The number of likely N-dealkylation sites (tertiary alicyclic amines) is 1. The van der Waals surface area contributed by atoms with Crippen LogP contribution in [0.3, 0.4) is 0 Å². The molecule has 27 heavy (non-hydrogen) atoms. The van der Waals surface area contributed by atoms with Gasteiger partial charge in [0.2, 0.25) is 11.7 Å². The summed E-state index contributed by atoms with van der Waals surface area (Å²) in [5, 5.41) is 3.96. The van der Waals surface area contributed by atoms with E-state index in [0.29, 0.717) is 42.0 Å². The largest absolute Gasteiger partial charge is 0.497 e. The van der Waals surface area contributed by atoms with Gasteiger partial charge in [-0.05, 0) is 24.3 Å². The van der Waals surface area contributed by atoms with Gasteiger partial charge < -0.3 is 18.9 Å². The normalized spacial score (nSPS) is 13.9. The number of carbonyl (C=O) groups excluding carboxylic acids is 1. The molecule has 0 radical (unpaired) electrons. The molecular formula is C19H18N4O4. The Morgan fingerprint density at radius 1 is 1.22 bits per heavy atom. The van der Waals surface area contributed by atoms with Crippen molar-refractivity contribution in [2.24, 2.45) is 0 Å². The molecule has 1 aromatic carbocycles. The predicted octanol–water partition coefficient (Wildman–Crippen LogP) is 2.14. The van der Waals surface area contributed by atoms with E-state index in [2.05, 4.69) is 15.1 Å². The number of aromatic nitrogens is 3. The maximum atomic E-state index is 12.2. The molecule has 0 spiro atoms. The van der Waals surface area contributed by atoms with E-state index < -0.39 is 0 Å². The Morgan fingerprint density at radius 3 is 2.85 bits per heavy atom. The Bertz CT molecular complexity index is 922. The van der Waals surface area contributed by atoms with Gasteiger partial charge in [-0.3, -0.25) is 9.78 Å². The highest BCUT2D eigenvalue weighted by atomic mass is 16.5. The van der Waals surface area contributed by atoms with E-state index in [1.54, 1.807) is 30.3 Å². The van der Waals surface area contributed by atoms with E-state index in [4.69, 9.17) is 14.0 Å². The van der Waals surface area contributed by atoms with Gasteiger partial charge in [0.1, 0.15) is 17.2 Å². The van der Waals surface area contributed by atoms with Crippen LogP contribution in [0.4, 0.5) is 0 Å². The lowest BCUT2D eigenvalue weighted by Gasteiger charge is -2.36. The molecule has 3 heterocycles. The molecule has 8 heteroatoms. The van der Waals surface area contributed by atoms with Crippen molar-refractivity contribution in [2.45, 2.75) is 5.92 Å². The van der Waals surface area contributed by atoms with Crippen molar-refractivity contribution < 1.29 is 18.8 Å². The third-order valence-electron chi connectivity index (χ3n) is 4.32. The number of rotatable bonds is 6. The number of amides is 1.